The molecule has 1 fully saturated rings. The highest BCUT2D eigenvalue weighted by Gasteiger charge is 2.42. The van der Waals surface area contributed by atoms with Crippen molar-refractivity contribution < 1.29 is 24.4 Å². The van der Waals surface area contributed by atoms with Crippen LogP contribution in [0.15, 0.2) is 53.4 Å². The Morgan fingerprint density at radius 1 is 1.15 bits per heavy atom. The monoisotopic (exact) mass is 372 g/mol. The van der Waals surface area contributed by atoms with Gasteiger partial charge >= 0.3 is 5.97 Å². The van der Waals surface area contributed by atoms with Crippen LogP contribution in [0.4, 0.5) is 11.4 Å². The van der Waals surface area contributed by atoms with Crippen molar-refractivity contribution in [3.05, 3.63) is 64.2 Å². The molecule has 132 valence electrons. The van der Waals surface area contributed by atoms with Crippen LogP contribution < -0.4 is 4.90 Å². The number of nitro groups is 1. The Hall–Kier alpha value is -3.20. The summed E-state index contributed by atoms with van der Waals surface area (Å²) in [6.07, 6.45) is -0.163. The van der Waals surface area contributed by atoms with Crippen molar-refractivity contribution in [2.75, 3.05) is 4.90 Å². The Kier molecular flexibility index (Phi) is 4.72. The molecule has 0 radical (unpaired) electrons. The van der Waals surface area contributed by atoms with Crippen LogP contribution in [0, 0.1) is 10.1 Å². The third-order valence-corrected chi connectivity index (χ3v) is 5.07. The number of hydrogen-bond donors (Lipinski definition) is 1. The molecule has 1 heterocycles. The van der Waals surface area contributed by atoms with Crippen molar-refractivity contribution in [3.63, 3.8) is 0 Å². The molecule has 26 heavy (non-hydrogen) atoms. The molecule has 2 aromatic carbocycles. The summed E-state index contributed by atoms with van der Waals surface area (Å²) in [7, 11) is 0. The number of aromatic carboxylic acids is 1. The Morgan fingerprint density at radius 2 is 1.81 bits per heavy atom. The lowest BCUT2D eigenvalue weighted by molar-refractivity contribution is -0.384. The first kappa shape index (κ1) is 17.6. The summed E-state index contributed by atoms with van der Waals surface area (Å²) in [4.78, 5) is 48.0. The molecule has 9 heteroatoms. The van der Waals surface area contributed by atoms with Crippen LogP contribution in [-0.4, -0.2) is 33.1 Å². The third-order valence-electron chi connectivity index (χ3n) is 3.81. The number of nitrogens with zero attached hydrogens (tertiary/aromatic N) is 2. The molecule has 2 aromatic rings. The molecular weight excluding hydrogens is 360 g/mol. The first-order valence-electron chi connectivity index (χ1n) is 7.49. The second-order valence-corrected chi connectivity index (χ2v) is 6.67. The van der Waals surface area contributed by atoms with E-state index < -0.39 is 28.0 Å². The van der Waals surface area contributed by atoms with Crippen LogP contribution in [0.25, 0.3) is 0 Å². The van der Waals surface area contributed by atoms with Crippen molar-refractivity contribution in [2.24, 2.45) is 0 Å². The fourth-order valence-electron chi connectivity index (χ4n) is 2.66. The number of carbonyl (C=O) groups excluding carboxylic acids is 2. The largest absolute Gasteiger partial charge is 0.478 e. The molecule has 0 aliphatic carbocycles. The second-order valence-electron chi connectivity index (χ2n) is 5.43. The number of carboxylic acid groups (broad SMARTS) is 1. The van der Waals surface area contributed by atoms with Gasteiger partial charge in [0.15, 0.2) is 0 Å². The van der Waals surface area contributed by atoms with Gasteiger partial charge in [-0.25, -0.2) is 9.69 Å². The normalized spacial score (nSPS) is 16.8. The van der Waals surface area contributed by atoms with Gasteiger partial charge in [-0.2, -0.15) is 0 Å². The van der Waals surface area contributed by atoms with Gasteiger partial charge in [0.05, 0.1) is 15.7 Å². The predicted octanol–water partition coefficient (Wildman–Crippen LogP) is 2.72. The standard InChI is InChI=1S/C17H12N2O6S/c20-15-9-14(26-13-8-4-1-5-10(13)17(22)23)16(21)18(15)11-6-2-3-7-12(11)19(24)25/h1-8,14H,9H2,(H,22,23). The summed E-state index contributed by atoms with van der Waals surface area (Å²) in [5.74, 6) is -2.30. The molecule has 0 spiro atoms. The fourth-order valence-corrected chi connectivity index (χ4v) is 3.83. The summed E-state index contributed by atoms with van der Waals surface area (Å²) in [6.45, 7) is 0. The smallest absolute Gasteiger partial charge is 0.336 e. The van der Waals surface area contributed by atoms with Gasteiger partial charge in [0.25, 0.3) is 5.69 Å². The molecule has 1 atom stereocenters. The molecule has 1 aliphatic heterocycles. The van der Waals surface area contributed by atoms with E-state index in [-0.39, 0.29) is 23.4 Å². The van der Waals surface area contributed by atoms with E-state index >= 15 is 0 Å². The molecule has 0 saturated carbocycles. The lowest BCUT2D eigenvalue weighted by Gasteiger charge is -2.15. The predicted molar refractivity (Wildman–Crippen MR) is 93.3 cm³/mol. The summed E-state index contributed by atoms with van der Waals surface area (Å²) in [5.41, 5.74) is -0.394. The topological polar surface area (TPSA) is 118 Å². The van der Waals surface area contributed by atoms with Gasteiger partial charge in [-0.15, -0.1) is 11.8 Å². The van der Waals surface area contributed by atoms with E-state index in [0.29, 0.717) is 4.90 Å². The van der Waals surface area contributed by atoms with Crippen LogP contribution in [0.3, 0.4) is 0 Å². The highest BCUT2D eigenvalue weighted by molar-refractivity contribution is 8.00. The number of thioether (sulfide) groups is 1. The molecule has 0 bridgehead atoms. The van der Waals surface area contributed by atoms with E-state index in [1.165, 1.54) is 30.3 Å². The maximum absolute atomic E-state index is 12.7. The van der Waals surface area contributed by atoms with Crippen LogP contribution >= 0.6 is 11.8 Å². The van der Waals surface area contributed by atoms with Crippen LogP contribution in [-0.2, 0) is 9.59 Å². The molecule has 3 rings (SSSR count). The zero-order valence-electron chi connectivity index (χ0n) is 13.2. The summed E-state index contributed by atoms with van der Waals surface area (Å²) < 4.78 is 0. The van der Waals surface area contributed by atoms with E-state index in [0.717, 1.165) is 16.7 Å². The zero-order chi connectivity index (χ0) is 18.8. The lowest BCUT2D eigenvalue weighted by atomic mass is 10.2. The summed E-state index contributed by atoms with van der Waals surface area (Å²) >= 11 is 0.968. The first-order chi connectivity index (χ1) is 12.4. The Morgan fingerprint density at radius 3 is 2.50 bits per heavy atom. The van der Waals surface area contributed by atoms with Crippen molar-refractivity contribution in [1.29, 1.82) is 0 Å². The number of rotatable bonds is 5. The Bertz CT molecular complexity index is 929. The van der Waals surface area contributed by atoms with Gasteiger partial charge in [0.2, 0.25) is 11.8 Å². The SMILES string of the molecule is O=C(O)c1ccccc1SC1CC(=O)N(c2ccccc2[N+](=O)[O-])C1=O. The number of hydrogen-bond acceptors (Lipinski definition) is 6. The van der Waals surface area contributed by atoms with Gasteiger partial charge < -0.3 is 5.11 Å². The fraction of sp³-hybridized carbons (Fsp3) is 0.118. The average molecular weight is 372 g/mol. The number of para-hydroxylation sites is 2. The first-order valence-corrected chi connectivity index (χ1v) is 8.37. The summed E-state index contributed by atoms with van der Waals surface area (Å²) in [5, 5.41) is 19.6. The number of carboxylic acids is 1. The lowest BCUT2D eigenvalue weighted by Crippen LogP contribution is -2.31. The maximum atomic E-state index is 12.7. The molecule has 1 unspecified atom stereocenters. The molecule has 2 amide bonds. The number of imide groups is 1. The van der Waals surface area contributed by atoms with Crippen LogP contribution in [0.5, 0.6) is 0 Å². The van der Waals surface area contributed by atoms with Gasteiger partial charge in [-0.1, -0.05) is 24.3 Å². The van der Waals surface area contributed by atoms with Gasteiger partial charge in [-0.05, 0) is 18.2 Å². The number of carbonyl (C=O) groups is 3. The average Bonchev–Trinajstić information content (AvgIpc) is 2.88. The molecule has 1 aliphatic rings. The molecule has 8 nitrogen and oxygen atoms in total. The maximum Gasteiger partial charge on any atom is 0.336 e. The van der Waals surface area contributed by atoms with Gasteiger partial charge in [0, 0.05) is 17.4 Å². The minimum absolute atomic E-state index is 0.0295. The molecule has 1 N–H and O–H groups in total. The van der Waals surface area contributed by atoms with E-state index in [1.807, 2.05) is 0 Å². The highest BCUT2D eigenvalue weighted by Crippen LogP contribution is 2.38. The van der Waals surface area contributed by atoms with Crippen LogP contribution in [0.2, 0.25) is 0 Å². The Labute approximate surface area is 151 Å². The zero-order valence-corrected chi connectivity index (χ0v) is 14.0. The van der Waals surface area contributed by atoms with Crippen molar-refractivity contribution in [1.82, 2.24) is 0 Å². The van der Waals surface area contributed by atoms with E-state index in [1.54, 1.807) is 18.2 Å². The highest BCUT2D eigenvalue weighted by atomic mass is 32.2. The van der Waals surface area contributed by atoms with Crippen molar-refractivity contribution >= 4 is 40.9 Å². The van der Waals surface area contributed by atoms with Crippen molar-refractivity contribution in [2.45, 2.75) is 16.6 Å². The minimum Gasteiger partial charge on any atom is -0.478 e. The van der Waals surface area contributed by atoms with E-state index in [9.17, 15) is 29.6 Å². The quantitative estimate of drug-likeness (QED) is 0.487. The van der Waals surface area contributed by atoms with Gasteiger partial charge in [0.1, 0.15) is 5.69 Å². The van der Waals surface area contributed by atoms with Crippen LogP contribution in [0.1, 0.15) is 16.8 Å². The number of anilines is 1. The molecule has 1 saturated heterocycles. The number of benzene rings is 2. The number of nitro benzene ring substituents is 1. The molecular formula is C17H12N2O6S. The van der Waals surface area contributed by atoms with E-state index in [4.69, 9.17) is 0 Å². The third kappa shape index (κ3) is 3.16. The Balaban J connectivity index is 1.92. The summed E-state index contributed by atoms with van der Waals surface area (Å²) in [6, 6.07) is 11.7. The van der Waals surface area contributed by atoms with Gasteiger partial charge in [-0.3, -0.25) is 19.7 Å². The number of amides is 2. The van der Waals surface area contributed by atoms with Crippen molar-refractivity contribution in [3.8, 4) is 0 Å². The van der Waals surface area contributed by atoms with E-state index in [2.05, 4.69) is 0 Å². The second kappa shape index (κ2) is 6.96. The molecule has 0 aromatic heterocycles. The minimum atomic E-state index is -1.14.